The van der Waals surface area contributed by atoms with Crippen molar-refractivity contribution in [1.29, 1.82) is 0 Å². The second-order valence-electron chi connectivity index (χ2n) is 3.45. The van der Waals surface area contributed by atoms with Crippen LogP contribution < -0.4 is 5.32 Å². The van der Waals surface area contributed by atoms with Gasteiger partial charge in [0, 0.05) is 0 Å². The molecule has 0 spiro atoms. The molecule has 0 saturated heterocycles. The predicted molar refractivity (Wildman–Crippen MR) is 68.3 cm³/mol. The fraction of sp³-hybridized carbons (Fsp3) is 0.111. The molecular weight excluding hydrogens is 316 g/mol. The van der Waals surface area contributed by atoms with Crippen LogP contribution >= 0.6 is 22.9 Å². The van der Waals surface area contributed by atoms with Crippen molar-refractivity contribution in [1.82, 2.24) is 5.16 Å². The van der Waals surface area contributed by atoms with Crippen molar-refractivity contribution in [2.75, 3.05) is 5.32 Å². The highest BCUT2D eigenvalue weighted by Gasteiger charge is 2.24. The molecular formula is C9H7ClN2O5S2. The molecule has 0 bridgehead atoms. The molecule has 2 heterocycles. The summed E-state index contributed by atoms with van der Waals surface area (Å²) in [6.07, 6.45) is 0. The van der Waals surface area contributed by atoms with Crippen molar-refractivity contribution in [3.63, 3.8) is 0 Å². The Morgan fingerprint density at radius 2 is 2.26 bits per heavy atom. The van der Waals surface area contributed by atoms with E-state index in [4.69, 9.17) is 20.7 Å². The lowest BCUT2D eigenvalue weighted by atomic mass is 10.4. The minimum Gasteiger partial charge on any atom is -0.336 e. The smallest absolute Gasteiger partial charge is 0.296 e. The minimum absolute atomic E-state index is 0.0844. The number of hydrogen-bond donors (Lipinski definition) is 2. The van der Waals surface area contributed by atoms with Gasteiger partial charge in [-0.25, -0.2) is 0 Å². The molecule has 10 heteroatoms. The van der Waals surface area contributed by atoms with Crippen molar-refractivity contribution < 1.29 is 22.3 Å². The fourth-order valence-corrected chi connectivity index (χ4v) is 3.17. The molecule has 19 heavy (non-hydrogen) atoms. The molecule has 0 aliphatic carbocycles. The second kappa shape index (κ2) is 4.93. The average molecular weight is 323 g/mol. The molecule has 0 atom stereocenters. The summed E-state index contributed by atoms with van der Waals surface area (Å²) in [7, 11) is -4.46. The highest BCUT2D eigenvalue weighted by molar-refractivity contribution is 7.86. The normalized spacial score (nSPS) is 11.5. The third-order valence-corrected chi connectivity index (χ3v) is 4.51. The molecule has 102 valence electrons. The van der Waals surface area contributed by atoms with Crippen molar-refractivity contribution in [3.8, 4) is 0 Å². The van der Waals surface area contributed by atoms with Gasteiger partial charge in [0.1, 0.15) is 20.5 Å². The Balaban J connectivity index is 2.32. The number of nitrogens with one attached hydrogen (secondary N) is 1. The van der Waals surface area contributed by atoms with Crippen LogP contribution in [-0.4, -0.2) is 24.0 Å². The predicted octanol–water partition coefficient (Wildman–Crippen LogP) is 2.20. The summed E-state index contributed by atoms with van der Waals surface area (Å²) in [4.78, 5) is 11.2. The maximum atomic E-state index is 11.9. The molecule has 2 rings (SSSR count). The van der Waals surface area contributed by atoms with E-state index in [-0.39, 0.29) is 15.8 Å². The van der Waals surface area contributed by atoms with Gasteiger partial charge in [0.05, 0.1) is 0 Å². The van der Waals surface area contributed by atoms with Gasteiger partial charge in [-0.1, -0.05) is 16.8 Å². The maximum Gasteiger partial charge on any atom is 0.296 e. The molecule has 2 aromatic rings. The van der Waals surface area contributed by atoms with E-state index in [9.17, 15) is 13.2 Å². The van der Waals surface area contributed by atoms with Gasteiger partial charge in [0.2, 0.25) is 0 Å². The van der Waals surface area contributed by atoms with Crippen LogP contribution in [0, 0.1) is 6.92 Å². The van der Waals surface area contributed by atoms with E-state index in [2.05, 4.69) is 10.5 Å². The van der Waals surface area contributed by atoms with E-state index < -0.39 is 20.9 Å². The number of carbonyl (C=O) groups is 1. The van der Waals surface area contributed by atoms with Crippen LogP contribution in [-0.2, 0) is 10.1 Å². The Labute approximate surface area is 116 Å². The number of nitrogens with zero attached hydrogens (tertiary/aromatic N) is 1. The quantitative estimate of drug-likeness (QED) is 0.838. The molecule has 2 N–H and O–H groups in total. The zero-order valence-corrected chi connectivity index (χ0v) is 11.8. The third kappa shape index (κ3) is 2.78. The average Bonchev–Trinajstić information content (AvgIpc) is 2.90. The molecule has 0 aliphatic heterocycles. The zero-order chi connectivity index (χ0) is 14.2. The molecule has 0 aromatic carbocycles. The molecule has 7 nitrogen and oxygen atoms in total. The number of carbonyl (C=O) groups excluding carboxylic acids is 1. The second-order valence-corrected chi connectivity index (χ2v) is 6.14. The number of amides is 1. The van der Waals surface area contributed by atoms with Gasteiger partial charge in [-0.05, 0) is 18.4 Å². The fourth-order valence-electron chi connectivity index (χ4n) is 1.26. The van der Waals surface area contributed by atoms with Crippen LogP contribution in [0.15, 0.2) is 20.9 Å². The van der Waals surface area contributed by atoms with E-state index in [0.717, 1.165) is 17.4 Å². The first-order valence-corrected chi connectivity index (χ1v) is 7.48. The van der Waals surface area contributed by atoms with Crippen LogP contribution in [0.5, 0.6) is 0 Å². The van der Waals surface area contributed by atoms with Crippen LogP contribution in [0.2, 0.25) is 5.02 Å². The Kier molecular flexibility index (Phi) is 3.63. The summed E-state index contributed by atoms with van der Waals surface area (Å²) < 4.78 is 35.9. The number of aromatic nitrogens is 1. The maximum absolute atomic E-state index is 11.9. The molecule has 0 aliphatic rings. The van der Waals surface area contributed by atoms with E-state index >= 15 is 0 Å². The Bertz CT molecular complexity index is 734. The summed E-state index contributed by atoms with van der Waals surface area (Å²) in [5, 5.41) is 7.31. The molecule has 0 radical (unpaired) electrons. The number of halogens is 1. The number of hydrogen-bond acceptors (Lipinski definition) is 6. The number of rotatable bonds is 3. The van der Waals surface area contributed by atoms with Crippen molar-refractivity contribution in [3.05, 3.63) is 27.0 Å². The molecule has 1 amide bonds. The topological polar surface area (TPSA) is 110 Å². The highest BCUT2D eigenvalue weighted by atomic mass is 35.5. The highest BCUT2D eigenvalue weighted by Crippen LogP contribution is 2.27. The first-order chi connectivity index (χ1) is 8.80. The van der Waals surface area contributed by atoms with Crippen LogP contribution in [0.25, 0.3) is 0 Å². The Hall–Kier alpha value is -1.42. The van der Waals surface area contributed by atoms with Crippen LogP contribution in [0.4, 0.5) is 5.88 Å². The van der Waals surface area contributed by atoms with Crippen molar-refractivity contribution in [2.24, 2.45) is 0 Å². The van der Waals surface area contributed by atoms with Crippen LogP contribution in [0.1, 0.15) is 15.4 Å². The summed E-state index contributed by atoms with van der Waals surface area (Å²) >= 11 is 6.67. The standard InChI is InChI=1S/C9H7ClN2O5S2/c1-4-6(10)9(17-12-4)11-8(13)7-5(2-3-18-7)19(14,15)16/h2-3H,1H3,(H,11,13)(H,14,15,16). The summed E-state index contributed by atoms with van der Waals surface area (Å²) in [6, 6.07) is 1.13. The zero-order valence-electron chi connectivity index (χ0n) is 9.38. The summed E-state index contributed by atoms with van der Waals surface area (Å²) in [5.74, 6) is -0.848. The number of anilines is 1. The van der Waals surface area contributed by atoms with E-state index in [1.165, 1.54) is 5.38 Å². The lowest BCUT2D eigenvalue weighted by Crippen LogP contribution is -2.13. The largest absolute Gasteiger partial charge is 0.336 e. The van der Waals surface area contributed by atoms with E-state index in [1.54, 1.807) is 6.92 Å². The van der Waals surface area contributed by atoms with Gasteiger partial charge in [-0.2, -0.15) is 8.42 Å². The number of aryl methyl sites for hydroxylation is 1. The third-order valence-electron chi connectivity index (χ3n) is 2.13. The van der Waals surface area contributed by atoms with Gasteiger partial charge in [0.25, 0.3) is 21.9 Å². The molecule has 0 saturated carbocycles. The van der Waals surface area contributed by atoms with Gasteiger partial charge >= 0.3 is 0 Å². The summed E-state index contributed by atoms with van der Waals surface area (Å²) in [6.45, 7) is 1.58. The van der Waals surface area contributed by atoms with Crippen molar-refractivity contribution >= 4 is 44.8 Å². The first-order valence-electron chi connectivity index (χ1n) is 4.79. The van der Waals surface area contributed by atoms with Gasteiger partial charge in [0.15, 0.2) is 0 Å². The minimum atomic E-state index is -4.46. The van der Waals surface area contributed by atoms with Gasteiger partial charge in [-0.15, -0.1) is 11.3 Å². The lowest BCUT2D eigenvalue weighted by Gasteiger charge is -2.01. The van der Waals surface area contributed by atoms with E-state index in [1.807, 2.05) is 0 Å². The monoisotopic (exact) mass is 322 g/mol. The summed E-state index contributed by atoms with van der Waals surface area (Å²) in [5.41, 5.74) is 0.387. The Morgan fingerprint density at radius 1 is 1.58 bits per heavy atom. The lowest BCUT2D eigenvalue weighted by molar-refractivity contribution is 0.102. The Morgan fingerprint density at radius 3 is 2.79 bits per heavy atom. The van der Waals surface area contributed by atoms with Crippen LogP contribution in [0.3, 0.4) is 0 Å². The molecule has 0 unspecified atom stereocenters. The van der Waals surface area contributed by atoms with Gasteiger partial charge < -0.3 is 4.52 Å². The number of thiophene rings is 1. The first kappa shape index (κ1) is 14.0. The van der Waals surface area contributed by atoms with Gasteiger partial charge in [-0.3, -0.25) is 14.7 Å². The SMILES string of the molecule is Cc1noc(NC(=O)c2sccc2S(=O)(=O)O)c1Cl. The van der Waals surface area contributed by atoms with Crippen molar-refractivity contribution in [2.45, 2.75) is 11.8 Å². The van der Waals surface area contributed by atoms with E-state index in [0.29, 0.717) is 5.69 Å². The molecule has 2 aromatic heterocycles. The molecule has 0 fully saturated rings.